The largest absolute Gasteiger partial charge is 0.491 e. The number of rotatable bonds is 5. The minimum absolute atomic E-state index is 0.00924. The lowest BCUT2D eigenvalue weighted by Gasteiger charge is -2.03. The standard InChI is InChI=1S/C10H12FNO2/c11-5-6-14-9-3-1-8(2-4-9)10(13)7-12/h1-4H,5-7,12H2. The van der Waals surface area contributed by atoms with Crippen LogP contribution in [0.25, 0.3) is 0 Å². The minimum Gasteiger partial charge on any atom is -0.491 e. The number of hydrogen-bond acceptors (Lipinski definition) is 3. The molecule has 1 aromatic rings. The van der Waals surface area contributed by atoms with Crippen LogP contribution in [-0.4, -0.2) is 25.6 Å². The first-order chi connectivity index (χ1) is 6.77. The van der Waals surface area contributed by atoms with Crippen LogP contribution in [-0.2, 0) is 0 Å². The summed E-state index contributed by atoms with van der Waals surface area (Å²) in [5.41, 5.74) is 5.73. The van der Waals surface area contributed by atoms with Crippen molar-refractivity contribution in [2.24, 2.45) is 5.73 Å². The average molecular weight is 197 g/mol. The molecule has 0 aliphatic carbocycles. The van der Waals surface area contributed by atoms with Gasteiger partial charge in [-0.25, -0.2) is 4.39 Å². The Morgan fingerprint density at radius 3 is 2.50 bits per heavy atom. The minimum atomic E-state index is -0.524. The quantitative estimate of drug-likeness (QED) is 0.721. The van der Waals surface area contributed by atoms with E-state index in [0.29, 0.717) is 11.3 Å². The van der Waals surface area contributed by atoms with Gasteiger partial charge in [-0.15, -0.1) is 0 Å². The van der Waals surface area contributed by atoms with Crippen molar-refractivity contribution in [1.29, 1.82) is 0 Å². The van der Waals surface area contributed by atoms with Crippen LogP contribution in [0.4, 0.5) is 4.39 Å². The van der Waals surface area contributed by atoms with Crippen LogP contribution in [0.1, 0.15) is 10.4 Å². The topological polar surface area (TPSA) is 52.3 Å². The Morgan fingerprint density at radius 1 is 1.36 bits per heavy atom. The van der Waals surface area contributed by atoms with E-state index >= 15 is 0 Å². The molecule has 0 aliphatic heterocycles. The third kappa shape index (κ3) is 2.81. The molecule has 14 heavy (non-hydrogen) atoms. The maximum absolute atomic E-state index is 11.7. The summed E-state index contributed by atoms with van der Waals surface area (Å²) in [5.74, 6) is 0.429. The molecule has 0 radical (unpaired) electrons. The summed E-state index contributed by atoms with van der Waals surface area (Å²) < 4.78 is 16.8. The van der Waals surface area contributed by atoms with Gasteiger partial charge < -0.3 is 10.5 Å². The van der Waals surface area contributed by atoms with Crippen molar-refractivity contribution >= 4 is 5.78 Å². The Kier molecular flexibility index (Phi) is 4.07. The number of ether oxygens (including phenoxy) is 1. The Balaban J connectivity index is 2.63. The van der Waals surface area contributed by atoms with Crippen LogP contribution in [0.3, 0.4) is 0 Å². The average Bonchev–Trinajstić information content (AvgIpc) is 2.26. The number of benzene rings is 1. The Morgan fingerprint density at radius 2 is 2.00 bits per heavy atom. The molecule has 0 atom stereocenters. The maximum atomic E-state index is 11.7. The first-order valence-corrected chi connectivity index (χ1v) is 4.30. The molecule has 0 unspecified atom stereocenters. The molecule has 1 aromatic carbocycles. The van der Waals surface area contributed by atoms with Crippen molar-refractivity contribution in [2.45, 2.75) is 0 Å². The number of alkyl halides is 1. The normalized spacial score (nSPS) is 9.86. The molecule has 0 amide bonds. The molecule has 0 saturated carbocycles. The number of halogens is 1. The zero-order chi connectivity index (χ0) is 10.4. The molecule has 0 spiro atoms. The van der Waals surface area contributed by atoms with E-state index in [1.165, 1.54) is 0 Å². The zero-order valence-corrected chi connectivity index (χ0v) is 7.70. The number of Topliss-reactive ketones (excluding diaryl/α,β-unsaturated/α-hetero) is 1. The Bertz CT molecular complexity index is 297. The van der Waals surface area contributed by atoms with Gasteiger partial charge in [0.2, 0.25) is 0 Å². The lowest BCUT2D eigenvalue weighted by Crippen LogP contribution is -2.13. The highest BCUT2D eigenvalue weighted by Gasteiger charge is 2.02. The molecule has 0 fully saturated rings. The van der Waals surface area contributed by atoms with E-state index in [1.54, 1.807) is 24.3 Å². The third-order valence-corrected chi connectivity index (χ3v) is 1.71. The Labute approximate surface area is 81.7 Å². The first-order valence-electron chi connectivity index (χ1n) is 4.30. The predicted molar refractivity (Wildman–Crippen MR) is 51.3 cm³/mol. The second-order valence-corrected chi connectivity index (χ2v) is 2.69. The molecular weight excluding hydrogens is 185 g/mol. The van der Waals surface area contributed by atoms with Crippen molar-refractivity contribution in [3.8, 4) is 5.75 Å². The van der Waals surface area contributed by atoms with E-state index in [4.69, 9.17) is 10.5 Å². The number of nitrogens with two attached hydrogens (primary N) is 1. The highest BCUT2D eigenvalue weighted by Crippen LogP contribution is 2.12. The van der Waals surface area contributed by atoms with Crippen molar-refractivity contribution < 1.29 is 13.9 Å². The number of hydrogen-bond donors (Lipinski definition) is 1. The van der Waals surface area contributed by atoms with Gasteiger partial charge in [-0.2, -0.15) is 0 Å². The molecule has 0 heterocycles. The maximum Gasteiger partial charge on any atom is 0.176 e. The van der Waals surface area contributed by atoms with E-state index in [2.05, 4.69) is 0 Å². The summed E-state index contributed by atoms with van der Waals surface area (Å²) in [6.07, 6.45) is 0. The summed E-state index contributed by atoms with van der Waals surface area (Å²) in [4.78, 5) is 11.1. The second-order valence-electron chi connectivity index (χ2n) is 2.69. The van der Waals surface area contributed by atoms with Gasteiger partial charge in [0.1, 0.15) is 19.0 Å². The smallest absolute Gasteiger partial charge is 0.176 e. The molecule has 0 aromatic heterocycles. The number of carbonyl (C=O) groups is 1. The van der Waals surface area contributed by atoms with E-state index in [-0.39, 0.29) is 18.9 Å². The fraction of sp³-hybridized carbons (Fsp3) is 0.300. The molecule has 0 saturated heterocycles. The number of ketones is 1. The van der Waals surface area contributed by atoms with Crippen LogP contribution in [0.15, 0.2) is 24.3 Å². The molecule has 1 rings (SSSR count). The van der Waals surface area contributed by atoms with Gasteiger partial charge in [-0.3, -0.25) is 4.79 Å². The fourth-order valence-corrected chi connectivity index (χ4v) is 1.01. The van der Waals surface area contributed by atoms with Crippen molar-refractivity contribution in [3.05, 3.63) is 29.8 Å². The lowest BCUT2D eigenvalue weighted by molar-refractivity contribution is 0.100. The monoisotopic (exact) mass is 197 g/mol. The van der Waals surface area contributed by atoms with Gasteiger partial charge >= 0.3 is 0 Å². The second kappa shape index (κ2) is 5.34. The lowest BCUT2D eigenvalue weighted by atomic mass is 10.1. The highest BCUT2D eigenvalue weighted by atomic mass is 19.1. The summed E-state index contributed by atoms with van der Waals surface area (Å²) >= 11 is 0. The van der Waals surface area contributed by atoms with Gasteiger partial charge in [0.15, 0.2) is 5.78 Å². The molecule has 0 bridgehead atoms. The van der Waals surface area contributed by atoms with E-state index in [9.17, 15) is 9.18 Å². The van der Waals surface area contributed by atoms with Gasteiger partial charge in [0.25, 0.3) is 0 Å². The fourth-order valence-electron chi connectivity index (χ4n) is 1.01. The van der Waals surface area contributed by atoms with E-state index in [0.717, 1.165) is 0 Å². The van der Waals surface area contributed by atoms with Crippen LogP contribution >= 0.6 is 0 Å². The molecular formula is C10H12FNO2. The van der Waals surface area contributed by atoms with E-state index < -0.39 is 6.67 Å². The van der Waals surface area contributed by atoms with Crippen molar-refractivity contribution in [3.63, 3.8) is 0 Å². The summed E-state index contributed by atoms with van der Waals surface area (Å²) in [6, 6.07) is 6.47. The van der Waals surface area contributed by atoms with Gasteiger partial charge in [-0.05, 0) is 24.3 Å². The molecule has 3 nitrogen and oxygen atoms in total. The van der Waals surface area contributed by atoms with Crippen LogP contribution in [0.5, 0.6) is 5.75 Å². The SMILES string of the molecule is NCC(=O)c1ccc(OCCF)cc1. The summed E-state index contributed by atoms with van der Waals surface area (Å²) in [7, 11) is 0. The molecule has 2 N–H and O–H groups in total. The highest BCUT2D eigenvalue weighted by molar-refractivity contribution is 5.97. The Hall–Kier alpha value is -1.42. The first kappa shape index (κ1) is 10.7. The zero-order valence-electron chi connectivity index (χ0n) is 7.70. The van der Waals surface area contributed by atoms with Crippen LogP contribution in [0.2, 0.25) is 0 Å². The third-order valence-electron chi connectivity index (χ3n) is 1.71. The van der Waals surface area contributed by atoms with Gasteiger partial charge in [0, 0.05) is 5.56 Å². The van der Waals surface area contributed by atoms with Gasteiger partial charge in [-0.1, -0.05) is 0 Å². The van der Waals surface area contributed by atoms with Crippen LogP contribution < -0.4 is 10.5 Å². The molecule has 0 aliphatic rings. The van der Waals surface area contributed by atoms with Gasteiger partial charge in [0.05, 0.1) is 6.54 Å². The van der Waals surface area contributed by atoms with Crippen molar-refractivity contribution in [1.82, 2.24) is 0 Å². The van der Waals surface area contributed by atoms with Crippen molar-refractivity contribution in [2.75, 3.05) is 19.8 Å². The summed E-state index contributed by atoms with van der Waals surface area (Å²) in [6.45, 7) is -0.502. The molecule has 76 valence electrons. The van der Waals surface area contributed by atoms with Crippen LogP contribution in [0, 0.1) is 0 Å². The summed E-state index contributed by atoms with van der Waals surface area (Å²) in [5, 5.41) is 0. The predicted octanol–water partition coefficient (Wildman–Crippen LogP) is 1.18. The van der Waals surface area contributed by atoms with E-state index in [1.807, 2.05) is 0 Å². The molecule has 4 heteroatoms. The number of carbonyl (C=O) groups excluding carboxylic acids is 1.